The molecule has 0 aromatic carbocycles. The highest BCUT2D eigenvalue weighted by molar-refractivity contribution is 7.80. The highest BCUT2D eigenvalue weighted by Gasteiger charge is 1.65. The second-order valence-corrected chi connectivity index (χ2v) is 1.27. The van der Waals surface area contributed by atoms with Crippen LogP contribution in [0.5, 0.6) is 0 Å². The molecule has 0 saturated carbocycles. The molecule has 0 unspecified atom stereocenters. The number of nitrogens with one attached hydrogen (secondary N) is 1. The predicted octanol–water partition coefficient (Wildman–Crippen LogP) is 0.557. The zero-order valence-corrected chi connectivity index (χ0v) is 5.48. The molecule has 0 bridgehead atoms. The fraction of sp³-hybridized carbons (Fsp3) is 1.00. The van der Waals surface area contributed by atoms with E-state index in [0.717, 1.165) is 12.3 Å². The number of hydrogen-bond acceptors (Lipinski definition) is 2. The van der Waals surface area contributed by atoms with Crippen molar-refractivity contribution in [3.05, 3.63) is 0 Å². The minimum absolute atomic E-state index is 0. The molecule has 0 rings (SSSR count). The molecule has 0 heterocycles. The average molecular weight is 128 g/mol. The second kappa shape index (κ2) is 9.14. The molecule has 0 amide bonds. The van der Waals surface area contributed by atoms with Crippen molar-refractivity contribution < 1.29 is 0 Å². The Bertz CT molecular complexity index is 18.3. The highest BCUT2D eigenvalue weighted by atomic mass is 35.5. The minimum atomic E-state index is 0. The molecule has 0 aliphatic heterocycles. The number of hydrogen-bond donors (Lipinski definition) is 2. The number of thiol groups is 1. The molecule has 1 N–H and O–H groups in total. The summed E-state index contributed by atoms with van der Waals surface area (Å²) >= 11 is 3.94. The summed E-state index contributed by atoms with van der Waals surface area (Å²) in [6, 6.07) is 0. The number of rotatable bonds is 2. The van der Waals surface area contributed by atoms with E-state index in [1.54, 1.807) is 0 Å². The second-order valence-electron chi connectivity index (χ2n) is 0.827. The summed E-state index contributed by atoms with van der Waals surface area (Å²) in [7, 11) is 1.91. The van der Waals surface area contributed by atoms with Crippen molar-refractivity contribution in [3.63, 3.8) is 0 Å². The van der Waals surface area contributed by atoms with Gasteiger partial charge in [-0.3, -0.25) is 0 Å². The Morgan fingerprint density at radius 1 is 1.67 bits per heavy atom. The monoisotopic (exact) mass is 127 g/mol. The molecule has 1 nitrogen and oxygen atoms in total. The van der Waals surface area contributed by atoms with Crippen molar-refractivity contribution in [1.82, 2.24) is 5.32 Å². The molecule has 0 atom stereocenters. The van der Waals surface area contributed by atoms with Gasteiger partial charge in [-0.15, -0.1) is 12.4 Å². The van der Waals surface area contributed by atoms with E-state index in [1.165, 1.54) is 0 Å². The van der Waals surface area contributed by atoms with Gasteiger partial charge in [0.05, 0.1) is 0 Å². The van der Waals surface area contributed by atoms with Crippen LogP contribution in [-0.2, 0) is 0 Å². The molecule has 0 fully saturated rings. The first-order valence-electron chi connectivity index (χ1n) is 1.67. The molecule has 0 aromatic heterocycles. The van der Waals surface area contributed by atoms with Crippen LogP contribution in [-0.4, -0.2) is 19.3 Å². The van der Waals surface area contributed by atoms with Crippen LogP contribution in [0.4, 0.5) is 0 Å². The Morgan fingerprint density at radius 3 is 2.17 bits per heavy atom. The SMILES string of the molecule is CNCCS.Cl. The molecule has 3 heteroatoms. The first-order chi connectivity index (χ1) is 2.41. The van der Waals surface area contributed by atoms with Gasteiger partial charge in [0, 0.05) is 12.3 Å². The van der Waals surface area contributed by atoms with Crippen LogP contribution in [0.3, 0.4) is 0 Å². The zero-order valence-electron chi connectivity index (χ0n) is 3.77. The summed E-state index contributed by atoms with van der Waals surface area (Å²) in [5.41, 5.74) is 0. The van der Waals surface area contributed by atoms with Crippen molar-refractivity contribution >= 4 is 25.0 Å². The van der Waals surface area contributed by atoms with Crippen molar-refractivity contribution in [1.29, 1.82) is 0 Å². The van der Waals surface area contributed by atoms with Gasteiger partial charge in [-0.25, -0.2) is 0 Å². The molecule has 0 aliphatic rings. The quantitative estimate of drug-likeness (QED) is 0.517. The largest absolute Gasteiger partial charge is 0.319 e. The molecule has 0 saturated heterocycles. The van der Waals surface area contributed by atoms with Crippen LogP contribution in [0.2, 0.25) is 0 Å². The van der Waals surface area contributed by atoms with Crippen molar-refractivity contribution in [3.8, 4) is 0 Å². The zero-order chi connectivity index (χ0) is 4.12. The van der Waals surface area contributed by atoms with Gasteiger partial charge in [0.1, 0.15) is 0 Å². The Kier molecular flexibility index (Phi) is 14.9. The van der Waals surface area contributed by atoms with Gasteiger partial charge in [-0.05, 0) is 7.05 Å². The van der Waals surface area contributed by atoms with Gasteiger partial charge in [0.25, 0.3) is 0 Å². The van der Waals surface area contributed by atoms with Gasteiger partial charge in [-0.2, -0.15) is 12.6 Å². The Labute approximate surface area is 50.3 Å². The Balaban J connectivity index is 0. The van der Waals surface area contributed by atoms with Gasteiger partial charge in [0.2, 0.25) is 0 Å². The maximum Gasteiger partial charge on any atom is 0.00367 e. The molecule has 0 spiro atoms. The maximum absolute atomic E-state index is 3.94. The summed E-state index contributed by atoms with van der Waals surface area (Å²) < 4.78 is 0. The van der Waals surface area contributed by atoms with Gasteiger partial charge in [0.15, 0.2) is 0 Å². The summed E-state index contributed by atoms with van der Waals surface area (Å²) in [6.45, 7) is 1.00. The lowest BCUT2D eigenvalue weighted by atomic mass is 10.8. The Hall–Kier alpha value is 0.600. The third kappa shape index (κ3) is 8.82. The summed E-state index contributed by atoms with van der Waals surface area (Å²) in [6.07, 6.45) is 0. The van der Waals surface area contributed by atoms with E-state index in [2.05, 4.69) is 17.9 Å². The Morgan fingerprint density at radius 2 is 2.17 bits per heavy atom. The summed E-state index contributed by atoms with van der Waals surface area (Å²) in [5.74, 6) is 0.927. The van der Waals surface area contributed by atoms with Crippen LogP contribution in [0, 0.1) is 0 Å². The standard InChI is InChI=1S/C3H9NS.ClH/c1-4-2-3-5;/h4-5H,2-3H2,1H3;1H. The van der Waals surface area contributed by atoms with Gasteiger partial charge >= 0.3 is 0 Å². The van der Waals surface area contributed by atoms with Crippen LogP contribution in [0.1, 0.15) is 0 Å². The van der Waals surface area contributed by atoms with Gasteiger partial charge in [-0.1, -0.05) is 0 Å². The topological polar surface area (TPSA) is 12.0 Å². The lowest BCUT2D eigenvalue weighted by molar-refractivity contribution is 0.874. The molecular formula is C3H10ClNS. The van der Waals surface area contributed by atoms with Crippen molar-refractivity contribution in [2.75, 3.05) is 19.3 Å². The van der Waals surface area contributed by atoms with Crippen LogP contribution in [0.25, 0.3) is 0 Å². The molecule has 0 aliphatic carbocycles. The third-order valence-corrected chi connectivity index (χ3v) is 0.585. The maximum atomic E-state index is 3.94. The lowest BCUT2D eigenvalue weighted by Gasteiger charge is -1.84. The highest BCUT2D eigenvalue weighted by Crippen LogP contribution is 1.62. The average Bonchev–Trinajstić information content (AvgIpc) is 1.41. The van der Waals surface area contributed by atoms with Crippen molar-refractivity contribution in [2.45, 2.75) is 0 Å². The van der Waals surface area contributed by atoms with Crippen LogP contribution >= 0.6 is 25.0 Å². The molecule has 0 aromatic rings. The number of halogens is 1. The smallest absolute Gasteiger partial charge is 0.00367 e. The first kappa shape index (κ1) is 9.78. The van der Waals surface area contributed by atoms with E-state index >= 15 is 0 Å². The van der Waals surface area contributed by atoms with E-state index in [9.17, 15) is 0 Å². The van der Waals surface area contributed by atoms with E-state index in [0.29, 0.717) is 0 Å². The van der Waals surface area contributed by atoms with E-state index < -0.39 is 0 Å². The normalized spacial score (nSPS) is 7.00. The minimum Gasteiger partial charge on any atom is -0.319 e. The molecule has 40 valence electrons. The fourth-order valence-corrected chi connectivity index (χ4v) is 0.335. The molecular weight excluding hydrogens is 118 g/mol. The van der Waals surface area contributed by atoms with Crippen molar-refractivity contribution in [2.24, 2.45) is 0 Å². The lowest BCUT2D eigenvalue weighted by Crippen LogP contribution is -2.07. The van der Waals surface area contributed by atoms with Crippen LogP contribution < -0.4 is 5.32 Å². The summed E-state index contributed by atoms with van der Waals surface area (Å²) in [5, 5.41) is 2.94. The van der Waals surface area contributed by atoms with E-state index in [1.807, 2.05) is 7.05 Å². The third-order valence-electron chi connectivity index (χ3n) is 0.362. The fourth-order valence-electron chi connectivity index (χ4n) is 0.112. The molecule has 6 heavy (non-hydrogen) atoms. The van der Waals surface area contributed by atoms with E-state index in [4.69, 9.17) is 0 Å². The van der Waals surface area contributed by atoms with E-state index in [-0.39, 0.29) is 12.4 Å². The predicted molar refractivity (Wildman–Crippen MR) is 35.0 cm³/mol. The summed E-state index contributed by atoms with van der Waals surface area (Å²) in [4.78, 5) is 0. The first-order valence-corrected chi connectivity index (χ1v) is 2.30. The van der Waals surface area contributed by atoms with Gasteiger partial charge < -0.3 is 5.32 Å². The molecule has 0 radical (unpaired) electrons. The van der Waals surface area contributed by atoms with Crippen LogP contribution in [0.15, 0.2) is 0 Å².